The summed E-state index contributed by atoms with van der Waals surface area (Å²) in [5, 5.41) is 6.29. The highest BCUT2D eigenvalue weighted by atomic mass is 32.2. The Bertz CT molecular complexity index is 521. The first-order valence-electron chi connectivity index (χ1n) is 5.18. The molecule has 0 radical (unpaired) electrons. The molecule has 1 aliphatic heterocycles. The lowest BCUT2D eigenvalue weighted by atomic mass is 10.2. The Kier molecular flexibility index (Phi) is 3.14. The van der Waals surface area contributed by atoms with E-state index in [4.69, 9.17) is 4.42 Å². The molecule has 0 amide bonds. The van der Waals surface area contributed by atoms with E-state index in [0.717, 1.165) is 6.42 Å². The number of ether oxygens (including phenoxy) is 1. The second-order valence-corrected chi connectivity index (χ2v) is 6.09. The van der Waals surface area contributed by atoms with E-state index in [2.05, 4.69) is 14.9 Å². The minimum atomic E-state index is -3.24. The summed E-state index contributed by atoms with van der Waals surface area (Å²) in [6.45, 7) is 0. The molecule has 1 saturated heterocycles. The molecule has 0 aliphatic carbocycles. The van der Waals surface area contributed by atoms with E-state index in [1.165, 1.54) is 7.11 Å². The molecule has 2 heterocycles. The zero-order valence-electron chi connectivity index (χ0n) is 9.25. The number of nitrogens with zero attached hydrogens (tertiary/aromatic N) is 2. The third-order valence-corrected chi connectivity index (χ3v) is 4.82. The Balaban J connectivity index is 2.28. The molecular formula is C9H12N2O5S. The van der Waals surface area contributed by atoms with Crippen LogP contribution in [0, 0.1) is 0 Å². The van der Waals surface area contributed by atoms with Gasteiger partial charge in [-0.25, -0.2) is 13.2 Å². The number of carbonyl (C=O) groups excluding carboxylic acids is 1. The number of methoxy groups -OCH3 is 1. The van der Waals surface area contributed by atoms with Crippen molar-refractivity contribution in [2.24, 2.45) is 0 Å². The van der Waals surface area contributed by atoms with Crippen molar-refractivity contribution in [2.45, 2.75) is 24.5 Å². The van der Waals surface area contributed by atoms with Gasteiger partial charge in [-0.05, 0) is 12.8 Å². The SMILES string of the molecule is COC(=O)c1nnc(C2CCCCS2(=O)=O)o1. The molecule has 0 saturated carbocycles. The predicted molar refractivity (Wildman–Crippen MR) is 56.0 cm³/mol. The van der Waals surface area contributed by atoms with E-state index >= 15 is 0 Å². The minimum absolute atomic E-state index is 0.0231. The normalized spacial score (nSPS) is 23.2. The van der Waals surface area contributed by atoms with Crippen LogP contribution in [0.15, 0.2) is 4.42 Å². The van der Waals surface area contributed by atoms with E-state index in [1.54, 1.807) is 0 Å². The fourth-order valence-electron chi connectivity index (χ4n) is 1.77. The molecule has 1 aliphatic rings. The number of esters is 1. The topological polar surface area (TPSA) is 99.4 Å². The van der Waals surface area contributed by atoms with Gasteiger partial charge in [-0.15, -0.1) is 10.2 Å². The van der Waals surface area contributed by atoms with Crippen molar-refractivity contribution in [3.63, 3.8) is 0 Å². The lowest BCUT2D eigenvalue weighted by molar-refractivity contribution is 0.0553. The average Bonchev–Trinajstić information content (AvgIpc) is 2.76. The van der Waals surface area contributed by atoms with Gasteiger partial charge in [0.2, 0.25) is 5.89 Å². The number of sulfone groups is 1. The molecule has 1 aromatic heterocycles. The van der Waals surface area contributed by atoms with Gasteiger partial charge in [0.25, 0.3) is 0 Å². The maximum absolute atomic E-state index is 11.8. The second kappa shape index (κ2) is 4.44. The molecular weight excluding hydrogens is 248 g/mol. The van der Waals surface area contributed by atoms with Crippen LogP contribution in [-0.2, 0) is 14.6 Å². The molecule has 1 fully saturated rings. The van der Waals surface area contributed by atoms with Crippen molar-refractivity contribution in [1.82, 2.24) is 10.2 Å². The van der Waals surface area contributed by atoms with Crippen LogP contribution in [0.4, 0.5) is 0 Å². The second-order valence-electron chi connectivity index (χ2n) is 3.79. The number of carbonyl (C=O) groups is 1. The minimum Gasteiger partial charge on any atom is -0.462 e. The molecule has 17 heavy (non-hydrogen) atoms. The van der Waals surface area contributed by atoms with Gasteiger partial charge in [-0.2, -0.15) is 0 Å². The summed E-state index contributed by atoms with van der Waals surface area (Å²) in [4.78, 5) is 11.1. The van der Waals surface area contributed by atoms with Gasteiger partial charge in [0.05, 0.1) is 12.9 Å². The lowest BCUT2D eigenvalue weighted by Gasteiger charge is -2.18. The van der Waals surface area contributed by atoms with E-state index in [0.29, 0.717) is 12.8 Å². The van der Waals surface area contributed by atoms with Crippen molar-refractivity contribution in [1.29, 1.82) is 0 Å². The van der Waals surface area contributed by atoms with Gasteiger partial charge in [0, 0.05) is 0 Å². The third kappa shape index (κ3) is 2.31. The van der Waals surface area contributed by atoms with Crippen molar-refractivity contribution in [3.05, 3.63) is 11.8 Å². The van der Waals surface area contributed by atoms with Crippen LogP contribution < -0.4 is 0 Å². The number of aromatic nitrogens is 2. The van der Waals surface area contributed by atoms with E-state index in [-0.39, 0.29) is 17.5 Å². The highest BCUT2D eigenvalue weighted by Crippen LogP contribution is 2.32. The van der Waals surface area contributed by atoms with Crippen LogP contribution in [0.1, 0.15) is 41.1 Å². The molecule has 7 nitrogen and oxygen atoms in total. The Morgan fingerprint density at radius 1 is 1.41 bits per heavy atom. The van der Waals surface area contributed by atoms with Crippen LogP contribution in [0.25, 0.3) is 0 Å². The maximum atomic E-state index is 11.8. The summed E-state index contributed by atoms with van der Waals surface area (Å²) >= 11 is 0. The van der Waals surface area contributed by atoms with E-state index in [1.807, 2.05) is 0 Å². The molecule has 1 atom stereocenters. The van der Waals surface area contributed by atoms with E-state index < -0.39 is 21.1 Å². The van der Waals surface area contributed by atoms with Crippen molar-refractivity contribution >= 4 is 15.8 Å². The number of rotatable bonds is 2. The number of hydrogen-bond acceptors (Lipinski definition) is 7. The zero-order chi connectivity index (χ0) is 12.5. The largest absolute Gasteiger partial charge is 0.462 e. The van der Waals surface area contributed by atoms with Crippen LogP contribution in [0.2, 0.25) is 0 Å². The van der Waals surface area contributed by atoms with Gasteiger partial charge >= 0.3 is 11.9 Å². The maximum Gasteiger partial charge on any atom is 0.396 e. The summed E-state index contributed by atoms with van der Waals surface area (Å²) in [6.07, 6.45) is 1.89. The monoisotopic (exact) mass is 260 g/mol. The highest BCUT2D eigenvalue weighted by Gasteiger charge is 2.35. The molecule has 94 valence electrons. The smallest absolute Gasteiger partial charge is 0.396 e. The first-order chi connectivity index (χ1) is 8.04. The van der Waals surface area contributed by atoms with Gasteiger partial charge < -0.3 is 9.15 Å². The fraction of sp³-hybridized carbons (Fsp3) is 0.667. The summed E-state index contributed by atoms with van der Waals surface area (Å²) in [6, 6.07) is 0. The third-order valence-electron chi connectivity index (χ3n) is 2.65. The Morgan fingerprint density at radius 3 is 2.82 bits per heavy atom. The molecule has 2 rings (SSSR count). The van der Waals surface area contributed by atoms with Crippen LogP contribution in [0.5, 0.6) is 0 Å². The summed E-state index contributed by atoms with van der Waals surface area (Å²) in [5.74, 6) is -0.988. The molecule has 1 aromatic rings. The predicted octanol–water partition coefficient (Wildman–Crippen LogP) is 0.496. The Morgan fingerprint density at radius 2 is 2.18 bits per heavy atom. The first kappa shape index (κ1) is 12.0. The molecule has 0 aromatic carbocycles. The molecule has 0 bridgehead atoms. The number of hydrogen-bond donors (Lipinski definition) is 0. The summed E-state index contributed by atoms with van der Waals surface area (Å²) < 4.78 is 33.0. The van der Waals surface area contributed by atoms with Gasteiger partial charge in [-0.3, -0.25) is 0 Å². The zero-order valence-corrected chi connectivity index (χ0v) is 10.1. The molecule has 1 unspecified atom stereocenters. The first-order valence-corrected chi connectivity index (χ1v) is 6.89. The highest BCUT2D eigenvalue weighted by molar-refractivity contribution is 7.91. The summed E-state index contributed by atoms with van der Waals surface area (Å²) in [7, 11) is -2.06. The fourth-order valence-corrected chi connectivity index (χ4v) is 3.59. The van der Waals surface area contributed by atoms with Crippen molar-refractivity contribution in [2.75, 3.05) is 12.9 Å². The van der Waals surface area contributed by atoms with E-state index in [9.17, 15) is 13.2 Å². The molecule has 0 spiro atoms. The quantitative estimate of drug-likeness (QED) is 0.713. The van der Waals surface area contributed by atoms with Crippen LogP contribution >= 0.6 is 0 Å². The average molecular weight is 260 g/mol. The van der Waals surface area contributed by atoms with Gasteiger partial charge in [0.1, 0.15) is 5.25 Å². The van der Waals surface area contributed by atoms with Crippen LogP contribution in [-0.4, -0.2) is 37.4 Å². The van der Waals surface area contributed by atoms with Gasteiger partial charge in [0.15, 0.2) is 9.84 Å². The summed E-state index contributed by atoms with van der Waals surface area (Å²) in [5.41, 5.74) is 0. The van der Waals surface area contributed by atoms with Gasteiger partial charge in [-0.1, -0.05) is 6.42 Å². The Hall–Kier alpha value is -1.44. The van der Waals surface area contributed by atoms with Crippen molar-refractivity contribution < 1.29 is 22.4 Å². The van der Waals surface area contributed by atoms with Crippen LogP contribution in [0.3, 0.4) is 0 Å². The Labute approximate surface area is 98.1 Å². The standard InChI is InChI=1S/C9H12N2O5S/c1-15-9(12)8-11-10-7(16-8)6-4-2-3-5-17(6,13)14/h6H,2-5H2,1H3. The lowest BCUT2D eigenvalue weighted by Crippen LogP contribution is -2.21. The molecule has 8 heteroatoms. The molecule has 0 N–H and O–H groups in total. The van der Waals surface area contributed by atoms with Crippen molar-refractivity contribution in [3.8, 4) is 0 Å².